The van der Waals surface area contributed by atoms with E-state index in [2.05, 4.69) is 27.4 Å². The Labute approximate surface area is 236 Å². The molecule has 3 heterocycles. The number of rotatable bonds is 8. The Kier molecular flexibility index (Phi) is 7.53. The number of carbonyl (C=O) groups excluding carboxylic acids is 2. The molecular weight excluding hydrogens is 506 g/mol. The molecule has 2 aliphatic heterocycles. The van der Waals surface area contributed by atoms with Crippen molar-refractivity contribution >= 4 is 40.6 Å². The zero-order valence-corrected chi connectivity index (χ0v) is 23.9. The maximum atomic E-state index is 13.2. The van der Waals surface area contributed by atoms with Crippen LogP contribution in [-0.4, -0.2) is 67.2 Å². The molecule has 2 amide bonds. The summed E-state index contributed by atoms with van der Waals surface area (Å²) in [6.07, 6.45) is 12.6. The highest BCUT2D eigenvalue weighted by Crippen LogP contribution is 2.42. The van der Waals surface area contributed by atoms with Crippen molar-refractivity contribution in [2.75, 3.05) is 47.3 Å². The second-order valence-electron chi connectivity index (χ2n) is 11.5. The van der Waals surface area contributed by atoms with Crippen molar-refractivity contribution in [1.82, 2.24) is 15.3 Å². The summed E-state index contributed by atoms with van der Waals surface area (Å²) in [5.74, 6) is 2.11. The minimum Gasteiger partial charge on any atom is -0.494 e. The van der Waals surface area contributed by atoms with Crippen LogP contribution in [0.3, 0.4) is 0 Å². The Morgan fingerprint density at radius 3 is 2.58 bits per heavy atom. The molecule has 2 aromatic rings. The number of fused-ring (bicyclic) bond motifs is 2. The van der Waals surface area contributed by atoms with Gasteiger partial charge in [-0.3, -0.25) is 9.59 Å². The summed E-state index contributed by atoms with van der Waals surface area (Å²) in [5.41, 5.74) is 3.51. The van der Waals surface area contributed by atoms with Gasteiger partial charge in [-0.05, 0) is 50.2 Å². The van der Waals surface area contributed by atoms with Crippen LogP contribution in [0.1, 0.15) is 70.3 Å². The van der Waals surface area contributed by atoms with Crippen LogP contribution < -0.4 is 30.1 Å². The number of nitrogens with zero attached hydrogens (tertiary/aromatic N) is 5. The van der Waals surface area contributed by atoms with Crippen molar-refractivity contribution in [3.63, 3.8) is 0 Å². The SMILES string of the molecule is CC[C@@H]1C(=O)N(C)c2cnc(Nc3cc4c(cc3OC)N(C(=O)CNC3CCCC3)CC4)nc2N1C1CCCC1. The van der Waals surface area contributed by atoms with Crippen LogP contribution in [0.4, 0.5) is 28.8 Å². The van der Waals surface area contributed by atoms with Gasteiger partial charge >= 0.3 is 0 Å². The first-order chi connectivity index (χ1) is 19.5. The highest BCUT2D eigenvalue weighted by atomic mass is 16.5. The maximum Gasteiger partial charge on any atom is 0.249 e. The molecule has 2 aliphatic carbocycles. The summed E-state index contributed by atoms with van der Waals surface area (Å²) in [7, 11) is 3.45. The van der Waals surface area contributed by atoms with Crippen LogP contribution in [0.5, 0.6) is 5.75 Å². The predicted octanol–water partition coefficient (Wildman–Crippen LogP) is 4.15. The normalized spacial score (nSPS) is 21.2. The van der Waals surface area contributed by atoms with E-state index in [0.717, 1.165) is 67.0 Å². The number of carbonyl (C=O) groups is 2. The summed E-state index contributed by atoms with van der Waals surface area (Å²) >= 11 is 0. The molecule has 10 nitrogen and oxygen atoms in total. The molecule has 0 radical (unpaired) electrons. The second kappa shape index (κ2) is 11.2. The minimum atomic E-state index is -0.218. The lowest BCUT2D eigenvalue weighted by atomic mass is 10.0. The molecule has 4 aliphatic rings. The molecular formula is C30H41N7O3. The molecule has 0 spiro atoms. The van der Waals surface area contributed by atoms with Gasteiger partial charge in [0.15, 0.2) is 5.82 Å². The van der Waals surface area contributed by atoms with Crippen molar-refractivity contribution < 1.29 is 14.3 Å². The Hall–Kier alpha value is -3.40. The van der Waals surface area contributed by atoms with E-state index in [1.165, 1.54) is 25.7 Å². The van der Waals surface area contributed by atoms with Gasteiger partial charge in [-0.15, -0.1) is 0 Å². The topological polar surface area (TPSA) is 103 Å². The third kappa shape index (κ3) is 4.87. The van der Waals surface area contributed by atoms with Crippen LogP contribution >= 0.6 is 0 Å². The number of amides is 2. The Morgan fingerprint density at radius 2 is 1.85 bits per heavy atom. The largest absolute Gasteiger partial charge is 0.494 e. The van der Waals surface area contributed by atoms with E-state index in [9.17, 15) is 9.59 Å². The Balaban J connectivity index is 1.25. The zero-order chi connectivity index (χ0) is 27.8. The van der Waals surface area contributed by atoms with Gasteiger partial charge in [0.2, 0.25) is 17.8 Å². The van der Waals surface area contributed by atoms with Crippen LogP contribution in [0.25, 0.3) is 0 Å². The first-order valence-corrected chi connectivity index (χ1v) is 14.9. The maximum absolute atomic E-state index is 13.2. The molecule has 1 atom stereocenters. The number of nitrogens with one attached hydrogen (secondary N) is 2. The minimum absolute atomic E-state index is 0.0996. The van der Waals surface area contributed by atoms with E-state index in [1.807, 2.05) is 24.1 Å². The lowest BCUT2D eigenvalue weighted by molar-refractivity contribution is -0.120. The molecule has 2 fully saturated rings. The average Bonchev–Trinajstić information content (AvgIpc) is 3.75. The molecule has 1 aromatic carbocycles. The molecule has 214 valence electrons. The summed E-state index contributed by atoms with van der Waals surface area (Å²) < 4.78 is 5.76. The van der Waals surface area contributed by atoms with Gasteiger partial charge < -0.3 is 30.1 Å². The fourth-order valence-corrected chi connectivity index (χ4v) is 6.96. The van der Waals surface area contributed by atoms with E-state index >= 15 is 0 Å². The van der Waals surface area contributed by atoms with E-state index < -0.39 is 0 Å². The molecule has 0 unspecified atom stereocenters. The fraction of sp³-hybridized carbons (Fsp3) is 0.600. The lowest BCUT2D eigenvalue weighted by Crippen LogP contribution is -2.55. The van der Waals surface area contributed by atoms with Crippen molar-refractivity contribution in [1.29, 1.82) is 0 Å². The summed E-state index contributed by atoms with van der Waals surface area (Å²) in [6, 6.07) is 4.54. The number of ether oxygens (including phenoxy) is 1. The smallest absolute Gasteiger partial charge is 0.249 e. The highest BCUT2D eigenvalue weighted by Gasteiger charge is 2.41. The van der Waals surface area contributed by atoms with Gasteiger partial charge in [-0.25, -0.2) is 4.98 Å². The van der Waals surface area contributed by atoms with Crippen molar-refractivity contribution in [3.8, 4) is 5.75 Å². The number of anilines is 5. The van der Waals surface area contributed by atoms with Crippen LogP contribution in [0.15, 0.2) is 18.3 Å². The first-order valence-electron chi connectivity index (χ1n) is 14.9. The van der Waals surface area contributed by atoms with Gasteiger partial charge in [-0.1, -0.05) is 32.6 Å². The summed E-state index contributed by atoms with van der Waals surface area (Å²) in [6.45, 7) is 3.10. The monoisotopic (exact) mass is 547 g/mol. The van der Waals surface area contributed by atoms with Crippen molar-refractivity contribution in [3.05, 3.63) is 23.9 Å². The predicted molar refractivity (Wildman–Crippen MR) is 157 cm³/mol. The van der Waals surface area contributed by atoms with Crippen LogP contribution in [0, 0.1) is 0 Å². The second-order valence-corrected chi connectivity index (χ2v) is 11.5. The summed E-state index contributed by atoms with van der Waals surface area (Å²) in [4.78, 5) is 41.7. The third-order valence-corrected chi connectivity index (χ3v) is 9.15. The van der Waals surface area contributed by atoms with Gasteiger partial charge in [0, 0.05) is 31.7 Å². The third-order valence-electron chi connectivity index (χ3n) is 9.15. The molecule has 6 rings (SSSR count). The number of likely N-dealkylation sites (N-methyl/N-ethyl adjacent to an activating group) is 1. The zero-order valence-electron chi connectivity index (χ0n) is 23.9. The van der Waals surface area contributed by atoms with Gasteiger partial charge in [0.25, 0.3) is 0 Å². The number of benzene rings is 1. The molecule has 0 bridgehead atoms. The number of hydrogen-bond acceptors (Lipinski definition) is 8. The standard InChI is InChI=1S/C30H41N7O3/c1-4-23-29(39)35(2)25-17-32-30(34-28(25)37(23)21-11-7-8-12-21)33-22-15-19-13-14-36(24(19)16-26(22)40-3)27(38)18-31-20-9-5-6-10-20/h15-17,20-21,23,31H,4-14,18H2,1-3H3,(H,32,33,34)/t23-/m1/s1. The average molecular weight is 548 g/mol. The molecule has 2 saturated carbocycles. The molecule has 1 aromatic heterocycles. The van der Waals surface area contributed by atoms with E-state index in [0.29, 0.717) is 36.9 Å². The van der Waals surface area contributed by atoms with Crippen molar-refractivity contribution in [2.45, 2.75) is 89.3 Å². The Morgan fingerprint density at radius 1 is 1.10 bits per heavy atom. The van der Waals surface area contributed by atoms with Crippen LogP contribution in [0.2, 0.25) is 0 Å². The molecule has 0 saturated heterocycles. The van der Waals surface area contributed by atoms with E-state index in [-0.39, 0.29) is 17.9 Å². The number of hydrogen-bond donors (Lipinski definition) is 2. The number of methoxy groups -OCH3 is 1. The van der Waals surface area contributed by atoms with Gasteiger partial charge in [0.05, 0.1) is 31.2 Å². The van der Waals surface area contributed by atoms with Crippen molar-refractivity contribution in [2.24, 2.45) is 0 Å². The van der Waals surface area contributed by atoms with Gasteiger partial charge in [0.1, 0.15) is 17.5 Å². The van der Waals surface area contributed by atoms with E-state index in [4.69, 9.17) is 9.72 Å². The quantitative estimate of drug-likeness (QED) is 0.508. The molecule has 40 heavy (non-hydrogen) atoms. The highest BCUT2D eigenvalue weighted by molar-refractivity contribution is 6.04. The first kappa shape index (κ1) is 26.8. The molecule has 10 heteroatoms. The number of aromatic nitrogens is 2. The van der Waals surface area contributed by atoms with Crippen LogP contribution in [-0.2, 0) is 16.0 Å². The fourth-order valence-electron chi connectivity index (χ4n) is 6.96. The molecule has 2 N–H and O–H groups in total. The summed E-state index contributed by atoms with van der Waals surface area (Å²) in [5, 5.41) is 6.83. The van der Waals surface area contributed by atoms with E-state index in [1.54, 1.807) is 18.2 Å². The lowest BCUT2D eigenvalue weighted by Gasteiger charge is -2.43. The van der Waals surface area contributed by atoms with Gasteiger partial charge in [-0.2, -0.15) is 4.98 Å². The Bertz CT molecular complexity index is 1270.